The van der Waals surface area contributed by atoms with Crippen LogP contribution in [0.25, 0.3) is 0 Å². The van der Waals surface area contributed by atoms with E-state index in [4.69, 9.17) is 11.5 Å². The van der Waals surface area contributed by atoms with Crippen LogP contribution >= 0.6 is 0 Å². The highest BCUT2D eigenvalue weighted by Gasteiger charge is 2.15. The molecule has 4 nitrogen and oxygen atoms in total. The van der Waals surface area contributed by atoms with Gasteiger partial charge in [0.05, 0.1) is 11.1 Å². The van der Waals surface area contributed by atoms with Gasteiger partial charge in [-0.3, -0.25) is 0 Å². The van der Waals surface area contributed by atoms with Crippen LogP contribution in [-0.2, 0) is 6.42 Å². The zero-order chi connectivity index (χ0) is 13.1. The lowest BCUT2D eigenvalue weighted by molar-refractivity contribution is 0.0696. The molecule has 0 aliphatic carbocycles. The predicted octanol–water partition coefficient (Wildman–Crippen LogP) is 2.17. The summed E-state index contributed by atoms with van der Waals surface area (Å²) in [6.07, 6.45) is 6.04. The Kier molecular flexibility index (Phi) is 3.74. The number of terminal acetylenes is 1. The Hall–Kier alpha value is -2.02. The van der Waals surface area contributed by atoms with Gasteiger partial charge in [-0.1, -0.05) is 12.8 Å². The average molecular weight is 232 g/mol. The highest BCUT2D eigenvalue weighted by Crippen LogP contribution is 2.16. The van der Waals surface area contributed by atoms with Crippen LogP contribution in [-0.4, -0.2) is 21.6 Å². The van der Waals surface area contributed by atoms with Crippen LogP contribution in [0, 0.1) is 12.3 Å². The molecule has 1 aromatic heterocycles. The van der Waals surface area contributed by atoms with Crippen molar-refractivity contribution in [1.29, 1.82) is 0 Å². The summed E-state index contributed by atoms with van der Waals surface area (Å²) in [5.41, 5.74) is 0.377. The van der Waals surface area contributed by atoms with E-state index < -0.39 is 11.5 Å². The molecule has 0 saturated carbocycles. The van der Waals surface area contributed by atoms with Crippen LogP contribution in [0.1, 0.15) is 36.8 Å². The standard InChI is InChI=1S/C13H16N2O2/c1-5-10-7-9(12(16)17)8-11(14-10)15-13(3,4)6-2/h2,7-8H,5H2,1,3-4H3,(H,14,15)(H,16,17). The van der Waals surface area contributed by atoms with Crippen LogP contribution in [0.4, 0.5) is 5.82 Å². The minimum absolute atomic E-state index is 0.215. The Balaban J connectivity index is 3.12. The lowest BCUT2D eigenvalue weighted by atomic mass is 10.1. The Bertz CT molecular complexity index is 473. The number of carboxylic acids is 1. The molecule has 0 atom stereocenters. The molecule has 0 aliphatic rings. The van der Waals surface area contributed by atoms with Crippen molar-refractivity contribution in [3.05, 3.63) is 23.4 Å². The molecular weight excluding hydrogens is 216 g/mol. The van der Waals surface area contributed by atoms with Gasteiger partial charge in [-0.2, -0.15) is 0 Å². The van der Waals surface area contributed by atoms with Crippen molar-refractivity contribution in [3.8, 4) is 12.3 Å². The molecule has 0 unspecified atom stereocenters. The average Bonchev–Trinajstić information content (AvgIpc) is 2.28. The number of aryl methyl sites for hydroxylation is 1. The number of carboxylic acid groups (broad SMARTS) is 1. The third-order valence-electron chi connectivity index (χ3n) is 2.29. The number of rotatable bonds is 4. The molecule has 0 spiro atoms. The molecule has 0 bridgehead atoms. The molecule has 4 heteroatoms. The normalized spacial score (nSPS) is 10.7. The third kappa shape index (κ3) is 3.49. The summed E-state index contributed by atoms with van der Waals surface area (Å²) < 4.78 is 0. The molecule has 0 aliphatic heterocycles. The molecule has 0 radical (unpaired) electrons. The maximum Gasteiger partial charge on any atom is 0.335 e. The minimum atomic E-state index is -0.969. The SMILES string of the molecule is C#CC(C)(C)Nc1cc(C(=O)O)cc(CC)n1. The first-order valence-corrected chi connectivity index (χ1v) is 5.38. The molecular formula is C13H16N2O2. The third-order valence-corrected chi connectivity index (χ3v) is 2.29. The maximum atomic E-state index is 11.0. The zero-order valence-corrected chi connectivity index (χ0v) is 10.2. The molecule has 2 N–H and O–H groups in total. The zero-order valence-electron chi connectivity index (χ0n) is 10.2. The van der Waals surface area contributed by atoms with Crippen LogP contribution in [0.15, 0.2) is 12.1 Å². The number of aromatic nitrogens is 1. The summed E-state index contributed by atoms with van der Waals surface area (Å²) in [5, 5.41) is 12.0. The lowest BCUT2D eigenvalue weighted by Gasteiger charge is -2.20. The fraction of sp³-hybridized carbons (Fsp3) is 0.385. The van der Waals surface area contributed by atoms with Crippen molar-refractivity contribution in [3.63, 3.8) is 0 Å². The van der Waals surface area contributed by atoms with Crippen molar-refractivity contribution in [2.75, 3.05) is 5.32 Å². The number of nitrogens with zero attached hydrogens (tertiary/aromatic N) is 1. The Labute approximate surface area is 101 Å². The molecule has 0 amide bonds. The first-order valence-electron chi connectivity index (χ1n) is 5.38. The van der Waals surface area contributed by atoms with Gasteiger partial charge in [-0.15, -0.1) is 6.42 Å². The van der Waals surface area contributed by atoms with Crippen LogP contribution < -0.4 is 5.32 Å². The number of nitrogens with one attached hydrogen (secondary N) is 1. The summed E-state index contributed by atoms with van der Waals surface area (Å²) in [7, 11) is 0. The van der Waals surface area contributed by atoms with E-state index >= 15 is 0 Å². The quantitative estimate of drug-likeness (QED) is 0.781. The Morgan fingerprint density at radius 3 is 2.71 bits per heavy atom. The van der Waals surface area contributed by atoms with Crippen LogP contribution in [0.2, 0.25) is 0 Å². The van der Waals surface area contributed by atoms with E-state index in [0.717, 1.165) is 5.69 Å². The van der Waals surface area contributed by atoms with E-state index in [1.807, 2.05) is 20.8 Å². The smallest absolute Gasteiger partial charge is 0.335 e. The van der Waals surface area contributed by atoms with Crippen molar-refractivity contribution < 1.29 is 9.90 Å². The van der Waals surface area contributed by atoms with Gasteiger partial charge in [0.25, 0.3) is 0 Å². The van der Waals surface area contributed by atoms with Gasteiger partial charge >= 0.3 is 5.97 Å². The second kappa shape index (κ2) is 4.88. The second-order valence-electron chi connectivity index (χ2n) is 4.29. The molecule has 1 heterocycles. The first-order chi connectivity index (χ1) is 7.88. The van der Waals surface area contributed by atoms with Gasteiger partial charge in [-0.25, -0.2) is 9.78 Å². The maximum absolute atomic E-state index is 11.0. The highest BCUT2D eigenvalue weighted by molar-refractivity contribution is 5.88. The Morgan fingerprint density at radius 2 is 2.24 bits per heavy atom. The summed E-state index contributed by atoms with van der Waals surface area (Å²) in [6.45, 7) is 5.57. The van der Waals surface area contributed by atoms with Gasteiger partial charge < -0.3 is 10.4 Å². The number of pyridine rings is 1. The molecule has 90 valence electrons. The summed E-state index contributed by atoms with van der Waals surface area (Å²) >= 11 is 0. The number of hydrogen-bond acceptors (Lipinski definition) is 3. The van der Waals surface area contributed by atoms with E-state index in [0.29, 0.717) is 12.2 Å². The summed E-state index contributed by atoms with van der Waals surface area (Å²) in [4.78, 5) is 15.3. The molecule has 0 saturated heterocycles. The van der Waals surface area contributed by atoms with Crippen LogP contribution in [0.3, 0.4) is 0 Å². The predicted molar refractivity (Wildman–Crippen MR) is 67.1 cm³/mol. The van der Waals surface area contributed by atoms with E-state index in [1.165, 1.54) is 6.07 Å². The van der Waals surface area contributed by atoms with Crippen molar-refractivity contribution >= 4 is 11.8 Å². The number of hydrogen-bond donors (Lipinski definition) is 2. The van der Waals surface area contributed by atoms with E-state index in [2.05, 4.69) is 16.2 Å². The molecule has 17 heavy (non-hydrogen) atoms. The van der Waals surface area contributed by atoms with E-state index in [-0.39, 0.29) is 5.56 Å². The van der Waals surface area contributed by atoms with Gasteiger partial charge in [-0.05, 0) is 32.4 Å². The molecule has 1 rings (SSSR count). The van der Waals surface area contributed by atoms with Gasteiger partial charge in [0.2, 0.25) is 0 Å². The van der Waals surface area contributed by atoms with Gasteiger partial charge in [0.1, 0.15) is 5.82 Å². The minimum Gasteiger partial charge on any atom is -0.478 e. The number of aromatic carboxylic acids is 1. The number of anilines is 1. The molecule has 0 fully saturated rings. The van der Waals surface area contributed by atoms with E-state index in [1.54, 1.807) is 6.07 Å². The monoisotopic (exact) mass is 232 g/mol. The summed E-state index contributed by atoms with van der Waals surface area (Å²) in [5.74, 6) is 2.10. The largest absolute Gasteiger partial charge is 0.478 e. The second-order valence-corrected chi connectivity index (χ2v) is 4.29. The first kappa shape index (κ1) is 13.0. The van der Waals surface area contributed by atoms with Crippen molar-refractivity contribution in [2.24, 2.45) is 0 Å². The molecule has 1 aromatic rings. The fourth-order valence-corrected chi connectivity index (χ4v) is 1.31. The van der Waals surface area contributed by atoms with Gasteiger partial charge in [0, 0.05) is 5.69 Å². The number of carbonyl (C=O) groups is 1. The molecule has 0 aromatic carbocycles. The van der Waals surface area contributed by atoms with Crippen molar-refractivity contribution in [2.45, 2.75) is 32.7 Å². The highest BCUT2D eigenvalue weighted by atomic mass is 16.4. The summed E-state index contributed by atoms with van der Waals surface area (Å²) in [6, 6.07) is 3.05. The van der Waals surface area contributed by atoms with E-state index in [9.17, 15) is 4.79 Å². The topological polar surface area (TPSA) is 62.2 Å². The Morgan fingerprint density at radius 1 is 1.59 bits per heavy atom. The fourth-order valence-electron chi connectivity index (χ4n) is 1.31. The van der Waals surface area contributed by atoms with Gasteiger partial charge in [0.15, 0.2) is 0 Å². The van der Waals surface area contributed by atoms with Crippen LogP contribution in [0.5, 0.6) is 0 Å². The lowest BCUT2D eigenvalue weighted by Crippen LogP contribution is -2.29. The van der Waals surface area contributed by atoms with Crippen molar-refractivity contribution in [1.82, 2.24) is 4.98 Å².